The standard InChI is InChI=1S/C12H21N3O2S2/c1-14(2)19(16,17)10-5-6-11(13)12(9-10)15(3)7-8-18-4/h5-6,9H,7-8,13H2,1-4H3. The molecule has 1 rings (SSSR count). The number of nitrogens with two attached hydrogens (primary N) is 1. The van der Waals surface area contributed by atoms with E-state index in [1.165, 1.54) is 24.5 Å². The molecule has 0 saturated carbocycles. The molecule has 7 heteroatoms. The highest BCUT2D eigenvalue weighted by Crippen LogP contribution is 2.27. The summed E-state index contributed by atoms with van der Waals surface area (Å²) in [5.74, 6) is 0.959. The maximum atomic E-state index is 12.1. The van der Waals surface area contributed by atoms with Gasteiger partial charge in [0.2, 0.25) is 10.0 Å². The van der Waals surface area contributed by atoms with Gasteiger partial charge in [-0.15, -0.1) is 0 Å². The lowest BCUT2D eigenvalue weighted by Gasteiger charge is -2.22. The van der Waals surface area contributed by atoms with Crippen LogP contribution in [0.5, 0.6) is 0 Å². The number of rotatable bonds is 6. The van der Waals surface area contributed by atoms with E-state index < -0.39 is 10.0 Å². The Labute approximate surface area is 119 Å². The first-order valence-electron chi connectivity index (χ1n) is 5.83. The van der Waals surface area contributed by atoms with Crippen molar-refractivity contribution >= 4 is 33.2 Å². The first-order chi connectivity index (χ1) is 8.80. The van der Waals surface area contributed by atoms with E-state index in [0.717, 1.165) is 18.0 Å². The number of thioether (sulfide) groups is 1. The Kier molecular flexibility index (Phi) is 5.51. The fourth-order valence-corrected chi connectivity index (χ4v) is 2.95. The second-order valence-electron chi connectivity index (χ2n) is 4.42. The smallest absolute Gasteiger partial charge is 0.242 e. The maximum Gasteiger partial charge on any atom is 0.242 e. The summed E-state index contributed by atoms with van der Waals surface area (Å²) in [5.41, 5.74) is 7.26. The third-order valence-corrected chi connectivity index (χ3v) is 5.22. The summed E-state index contributed by atoms with van der Waals surface area (Å²) >= 11 is 1.74. The quantitative estimate of drug-likeness (QED) is 0.803. The van der Waals surface area contributed by atoms with Crippen LogP contribution in [-0.4, -0.2) is 52.4 Å². The van der Waals surface area contributed by atoms with Gasteiger partial charge in [-0.1, -0.05) is 0 Å². The van der Waals surface area contributed by atoms with Gasteiger partial charge in [0.25, 0.3) is 0 Å². The number of anilines is 2. The number of hydrogen-bond acceptors (Lipinski definition) is 5. The molecule has 0 saturated heterocycles. The van der Waals surface area contributed by atoms with Gasteiger partial charge >= 0.3 is 0 Å². The van der Waals surface area contributed by atoms with Crippen LogP contribution in [0.15, 0.2) is 23.1 Å². The molecule has 0 atom stereocenters. The minimum atomic E-state index is -3.42. The Hall–Kier alpha value is -0.920. The lowest BCUT2D eigenvalue weighted by molar-refractivity contribution is 0.521. The number of benzene rings is 1. The second kappa shape index (κ2) is 6.49. The van der Waals surface area contributed by atoms with E-state index in [1.54, 1.807) is 23.9 Å². The van der Waals surface area contributed by atoms with Gasteiger partial charge in [-0.2, -0.15) is 11.8 Å². The predicted octanol–water partition coefficient (Wildman–Crippen LogP) is 1.32. The Morgan fingerprint density at radius 1 is 1.26 bits per heavy atom. The summed E-state index contributed by atoms with van der Waals surface area (Å²) in [6.45, 7) is 0.816. The van der Waals surface area contributed by atoms with Crippen LogP contribution in [0.1, 0.15) is 0 Å². The molecule has 0 unspecified atom stereocenters. The van der Waals surface area contributed by atoms with Crippen molar-refractivity contribution in [1.82, 2.24) is 4.31 Å². The first-order valence-corrected chi connectivity index (χ1v) is 8.66. The molecule has 0 spiro atoms. The van der Waals surface area contributed by atoms with Gasteiger partial charge in [-0.25, -0.2) is 12.7 Å². The summed E-state index contributed by atoms with van der Waals surface area (Å²) in [5, 5.41) is 0. The number of hydrogen-bond donors (Lipinski definition) is 1. The van der Waals surface area contributed by atoms with Crippen molar-refractivity contribution in [3.05, 3.63) is 18.2 Å². The van der Waals surface area contributed by atoms with Gasteiger partial charge in [0.1, 0.15) is 0 Å². The third kappa shape index (κ3) is 3.77. The summed E-state index contributed by atoms with van der Waals surface area (Å²) in [4.78, 5) is 2.23. The molecule has 1 aromatic carbocycles. The number of nitrogen functional groups attached to an aromatic ring is 1. The molecule has 0 amide bonds. The topological polar surface area (TPSA) is 66.6 Å². The predicted molar refractivity (Wildman–Crippen MR) is 83.4 cm³/mol. The van der Waals surface area contributed by atoms with Crippen molar-refractivity contribution in [3.8, 4) is 0 Å². The van der Waals surface area contributed by atoms with Crippen molar-refractivity contribution in [2.24, 2.45) is 0 Å². The normalized spacial score (nSPS) is 11.8. The zero-order valence-electron chi connectivity index (χ0n) is 11.8. The molecule has 0 heterocycles. The average molecular weight is 303 g/mol. The van der Waals surface area contributed by atoms with Crippen LogP contribution < -0.4 is 10.6 Å². The minimum Gasteiger partial charge on any atom is -0.397 e. The molecule has 0 aliphatic rings. The monoisotopic (exact) mass is 303 g/mol. The van der Waals surface area contributed by atoms with E-state index in [4.69, 9.17) is 5.73 Å². The van der Waals surface area contributed by atoms with Gasteiger partial charge in [0, 0.05) is 33.4 Å². The molecule has 2 N–H and O–H groups in total. The van der Waals surface area contributed by atoms with Crippen LogP contribution >= 0.6 is 11.8 Å². The molecule has 5 nitrogen and oxygen atoms in total. The molecule has 0 radical (unpaired) electrons. The third-order valence-electron chi connectivity index (χ3n) is 2.82. The van der Waals surface area contributed by atoms with Crippen LogP contribution in [0.4, 0.5) is 11.4 Å². The average Bonchev–Trinajstić information content (AvgIpc) is 2.36. The summed E-state index contributed by atoms with van der Waals surface area (Å²) in [6.07, 6.45) is 2.03. The van der Waals surface area contributed by atoms with Crippen molar-refractivity contribution in [1.29, 1.82) is 0 Å². The Morgan fingerprint density at radius 3 is 2.42 bits per heavy atom. The molecule has 0 aliphatic carbocycles. The van der Waals surface area contributed by atoms with E-state index in [-0.39, 0.29) is 4.90 Å². The Morgan fingerprint density at radius 2 is 1.89 bits per heavy atom. The zero-order chi connectivity index (χ0) is 14.6. The van der Waals surface area contributed by atoms with E-state index in [2.05, 4.69) is 0 Å². The lowest BCUT2D eigenvalue weighted by atomic mass is 10.2. The van der Waals surface area contributed by atoms with Gasteiger partial charge in [0.15, 0.2) is 0 Å². The molecule has 0 fully saturated rings. The van der Waals surface area contributed by atoms with Crippen LogP contribution in [0.2, 0.25) is 0 Å². The summed E-state index contributed by atoms with van der Waals surface area (Å²) in [7, 11) is 1.52. The highest BCUT2D eigenvalue weighted by atomic mass is 32.2. The summed E-state index contributed by atoms with van der Waals surface area (Å²) in [6, 6.07) is 4.81. The number of sulfonamides is 1. The molecule has 108 valence electrons. The van der Waals surface area contributed by atoms with E-state index in [9.17, 15) is 8.42 Å². The van der Waals surface area contributed by atoms with Crippen LogP contribution in [-0.2, 0) is 10.0 Å². The lowest BCUT2D eigenvalue weighted by Crippen LogP contribution is -2.24. The van der Waals surface area contributed by atoms with Crippen molar-refractivity contribution < 1.29 is 8.42 Å². The molecule has 0 aliphatic heterocycles. The largest absolute Gasteiger partial charge is 0.397 e. The number of nitrogens with zero attached hydrogens (tertiary/aromatic N) is 2. The van der Waals surface area contributed by atoms with Crippen molar-refractivity contribution in [2.75, 3.05) is 50.3 Å². The Balaban J connectivity index is 3.14. The van der Waals surface area contributed by atoms with E-state index in [0.29, 0.717) is 5.69 Å². The highest BCUT2D eigenvalue weighted by molar-refractivity contribution is 7.98. The summed E-state index contributed by atoms with van der Waals surface area (Å²) < 4.78 is 25.4. The molecular weight excluding hydrogens is 282 g/mol. The van der Waals surface area contributed by atoms with Crippen molar-refractivity contribution in [3.63, 3.8) is 0 Å². The molecular formula is C12H21N3O2S2. The Bertz CT molecular complexity index is 530. The van der Waals surface area contributed by atoms with Crippen LogP contribution in [0.25, 0.3) is 0 Å². The second-order valence-corrected chi connectivity index (χ2v) is 7.56. The first kappa shape index (κ1) is 16.1. The van der Waals surface area contributed by atoms with Gasteiger partial charge in [-0.3, -0.25) is 0 Å². The molecule has 1 aromatic rings. The molecule has 0 aromatic heterocycles. The minimum absolute atomic E-state index is 0.262. The zero-order valence-corrected chi connectivity index (χ0v) is 13.4. The van der Waals surface area contributed by atoms with Crippen LogP contribution in [0, 0.1) is 0 Å². The fourth-order valence-electron chi connectivity index (χ4n) is 1.57. The van der Waals surface area contributed by atoms with E-state index >= 15 is 0 Å². The molecule has 19 heavy (non-hydrogen) atoms. The van der Waals surface area contributed by atoms with Gasteiger partial charge < -0.3 is 10.6 Å². The van der Waals surface area contributed by atoms with Crippen LogP contribution in [0.3, 0.4) is 0 Å². The van der Waals surface area contributed by atoms with Gasteiger partial charge in [-0.05, 0) is 24.5 Å². The fraction of sp³-hybridized carbons (Fsp3) is 0.500. The van der Waals surface area contributed by atoms with E-state index in [1.807, 2.05) is 18.2 Å². The van der Waals surface area contributed by atoms with Crippen molar-refractivity contribution in [2.45, 2.75) is 4.90 Å². The SMILES string of the molecule is CSCCN(C)c1cc(S(=O)(=O)N(C)C)ccc1N. The van der Waals surface area contributed by atoms with Gasteiger partial charge in [0.05, 0.1) is 16.3 Å². The molecule has 0 bridgehead atoms. The highest BCUT2D eigenvalue weighted by Gasteiger charge is 2.19. The maximum absolute atomic E-state index is 12.1.